The van der Waals surface area contributed by atoms with Crippen molar-refractivity contribution in [3.63, 3.8) is 0 Å². The Morgan fingerprint density at radius 1 is 1.27 bits per heavy atom. The zero-order valence-corrected chi connectivity index (χ0v) is 17.5. The lowest BCUT2D eigenvalue weighted by Gasteiger charge is -2.19. The van der Waals surface area contributed by atoms with Crippen LogP contribution in [-0.4, -0.2) is 40.8 Å². The maximum absolute atomic E-state index is 12.3. The van der Waals surface area contributed by atoms with Crippen LogP contribution in [0.15, 0.2) is 72.1 Å². The van der Waals surface area contributed by atoms with Gasteiger partial charge >= 0.3 is 6.03 Å². The Hall–Kier alpha value is -3.14. The molecule has 3 aromatic rings. The summed E-state index contributed by atoms with van der Waals surface area (Å²) in [4.78, 5) is 11.5. The van der Waals surface area contributed by atoms with Gasteiger partial charge in [0.1, 0.15) is 6.04 Å². The molecule has 1 atom stereocenters. The van der Waals surface area contributed by atoms with E-state index in [1.165, 1.54) is 16.8 Å². The van der Waals surface area contributed by atoms with E-state index < -0.39 is 21.9 Å². The standard InChI is InChI=1S/C20H19ClN4O4S/c1-3-16(25(27)20(22)26)15-12-18(13-8-10-14(21)11-9-13)24(23-15)17-6-4-5-7-19(17)30(2,28)29/h3-12,16,27H,1H2,2H3,(H2,22,26). The van der Waals surface area contributed by atoms with Crippen molar-refractivity contribution in [2.75, 3.05) is 6.26 Å². The molecule has 3 rings (SSSR count). The van der Waals surface area contributed by atoms with Crippen LogP contribution in [0.3, 0.4) is 0 Å². The summed E-state index contributed by atoms with van der Waals surface area (Å²) in [5.74, 6) is 0. The second-order valence-corrected chi connectivity index (χ2v) is 8.90. The number of aromatic nitrogens is 2. The lowest BCUT2D eigenvalue weighted by atomic mass is 10.1. The van der Waals surface area contributed by atoms with Gasteiger partial charge in [0.05, 0.1) is 22.0 Å². The number of primary amides is 1. The molecule has 2 aromatic carbocycles. The molecule has 156 valence electrons. The molecule has 0 radical (unpaired) electrons. The van der Waals surface area contributed by atoms with Gasteiger partial charge in [-0.05, 0) is 30.3 Å². The van der Waals surface area contributed by atoms with Crippen LogP contribution in [0.1, 0.15) is 11.7 Å². The number of para-hydroxylation sites is 1. The van der Waals surface area contributed by atoms with Gasteiger partial charge in [-0.25, -0.2) is 17.9 Å². The summed E-state index contributed by atoms with van der Waals surface area (Å²) in [7, 11) is -3.57. The molecule has 0 aliphatic heterocycles. The lowest BCUT2D eigenvalue weighted by Crippen LogP contribution is -2.35. The van der Waals surface area contributed by atoms with Crippen molar-refractivity contribution in [2.45, 2.75) is 10.9 Å². The minimum Gasteiger partial charge on any atom is -0.350 e. The zero-order valence-electron chi connectivity index (χ0n) is 15.9. The summed E-state index contributed by atoms with van der Waals surface area (Å²) in [6, 6.07) is 12.7. The SMILES string of the molecule is C=CC(c1cc(-c2ccc(Cl)cc2)n(-c2ccccc2S(C)(=O)=O)n1)N(O)C(N)=O. The van der Waals surface area contributed by atoms with Crippen molar-refractivity contribution in [1.82, 2.24) is 14.8 Å². The van der Waals surface area contributed by atoms with Crippen LogP contribution in [0.25, 0.3) is 16.9 Å². The Morgan fingerprint density at radius 3 is 2.47 bits per heavy atom. The number of nitrogens with zero attached hydrogens (tertiary/aromatic N) is 3. The Morgan fingerprint density at radius 2 is 1.90 bits per heavy atom. The van der Waals surface area contributed by atoms with Crippen LogP contribution in [-0.2, 0) is 9.84 Å². The predicted octanol–water partition coefficient (Wildman–Crippen LogP) is 3.59. The molecule has 0 saturated carbocycles. The minimum atomic E-state index is -3.57. The molecule has 0 fully saturated rings. The van der Waals surface area contributed by atoms with Crippen molar-refractivity contribution in [1.29, 1.82) is 0 Å². The largest absolute Gasteiger partial charge is 0.350 e. The average Bonchev–Trinajstić information content (AvgIpc) is 3.13. The summed E-state index contributed by atoms with van der Waals surface area (Å²) >= 11 is 5.99. The van der Waals surface area contributed by atoms with Crippen molar-refractivity contribution in [2.24, 2.45) is 5.73 Å². The van der Waals surface area contributed by atoms with E-state index in [1.54, 1.807) is 48.5 Å². The first kappa shape index (κ1) is 21.6. The van der Waals surface area contributed by atoms with Crippen LogP contribution in [0.2, 0.25) is 5.02 Å². The average molecular weight is 447 g/mol. The van der Waals surface area contributed by atoms with Gasteiger partial charge in [-0.2, -0.15) is 10.2 Å². The fourth-order valence-electron chi connectivity index (χ4n) is 2.98. The van der Waals surface area contributed by atoms with Crippen LogP contribution in [0, 0.1) is 0 Å². The Bertz CT molecular complexity index is 1210. The highest BCUT2D eigenvalue weighted by Crippen LogP contribution is 2.31. The number of benzene rings is 2. The molecule has 0 bridgehead atoms. The van der Waals surface area contributed by atoms with Gasteiger partial charge < -0.3 is 5.73 Å². The third kappa shape index (κ3) is 4.23. The van der Waals surface area contributed by atoms with Gasteiger partial charge in [-0.3, -0.25) is 5.21 Å². The fraction of sp³-hybridized carbons (Fsp3) is 0.100. The van der Waals surface area contributed by atoms with Gasteiger partial charge in [0.2, 0.25) is 0 Å². The van der Waals surface area contributed by atoms with Gasteiger partial charge in [0.15, 0.2) is 9.84 Å². The van der Waals surface area contributed by atoms with Crippen LogP contribution in [0.4, 0.5) is 4.79 Å². The molecule has 0 aliphatic rings. The summed E-state index contributed by atoms with van der Waals surface area (Å²) < 4.78 is 26.1. The van der Waals surface area contributed by atoms with E-state index >= 15 is 0 Å². The van der Waals surface area contributed by atoms with Crippen molar-refractivity contribution in [3.05, 3.63) is 78.0 Å². The number of nitrogens with two attached hydrogens (primary N) is 1. The minimum absolute atomic E-state index is 0.0702. The molecule has 2 amide bonds. The van der Waals surface area contributed by atoms with E-state index in [1.807, 2.05) is 0 Å². The Kier molecular flexibility index (Phi) is 5.97. The number of amides is 2. The third-order valence-electron chi connectivity index (χ3n) is 4.38. The van der Waals surface area contributed by atoms with E-state index in [9.17, 15) is 18.4 Å². The molecular formula is C20H19ClN4O4S. The number of hydroxylamine groups is 2. The van der Waals surface area contributed by atoms with Crippen molar-refractivity contribution < 1.29 is 18.4 Å². The Balaban J connectivity index is 2.29. The molecular weight excluding hydrogens is 428 g/mol. The molecule has 10 heteroatoms. The molecule has 1 aromatic heterocycles. The molecule has 30 heavy (non-hydrogen) atoms. The normalized spacial score (nSPS) is 12.4. The summed E-state index contributed by atoms with van der Waals surface area (Å²) in [5, 5.41) is 15.3. The number of hydrogen-bond acceptors (Lipinski definition) is 5. The van der Waals surface area contributed by atoms with E-state index in [0.717, 1.165) is 6.26 Å². The first-order valence-electron chi connectivity index (χ1n) is 8.69. The quantitative estimate of drug-likeness (QED) is 0.340. The van der Waals surface area contributed by atoms with E-state index in [-0.39, 0.29) is 10.6 Å². The highest BCUT2D eigenvalue weighted by molar-refractivity contribution is 7.90. The maximum Gasteiger partial charge on any atom is 0.339 e. The van der Waals surface area contributed by atoms with Crippen LogP contribution >= 0.6 is 11.6 Å². The number of halogens is 1. The van der Waals surface area contributed by atoms with Gasteiger partial charge in [0, 0.05) is 16.8 Å². The van der Waals surface area contributed by atoms with Gasteiger partial charge in [-0.15, -0.1) is 6.58 Å². The first-order chi connectivity index (χ1) is 14.1. The van der Waals surface area contributed by atoms with Crippen LogP contribution < -0.4 is 5.73 Å². The topological polar surface area (TPSA) is 119 Å². The van der Waals surface area contributed by atoms with E-state index in [4.69, 9.17) is 17.3 Å². The number of hydrogen-bond donors (Lipinski definition) is 2. The summed E-state index contributed by atoms with van der Waals surface area (Å²) in [6.07, 6.45) is 2.40. The smallest absolute Gasteiger partial charge is 0.339 e. The molecule has 0 aliphatic carbocycles. The monoisotopic (exact) mass is 446 g/mol. The zero-order chi connectivity index (χ0) is 22.1. The Labute approximate surface area is 178 Å². The highest BCUT2D eigenvalue weighted by Gasteiger charge is 2.25. The lowest BCUT2D eigenvalue weighted by molar-refractivity contribution is -0.0634. The fourth-order valence-corrected chi connectivity index (χ4v) is 3.97. The van der Waals surface area contributed by atoms with Crippen molar-refractivity contribution in [3.8, 4) is 16.9 Å². The number of carbonyl (C=O) groups is 1. The van der Waals surface area contributed by atoms with Crippen molar-refractivity contribution >= 4 is 27.5 Å². The number of carbonyl (C=O) groups excluding carboxylic acids is 1. The number of urea groups is 1. The van der Waals surface area contributed by atoms with Gasteiger partial charge in [0.25, 0.3) is 0 Å². The molecule has 8 nitrogen and oxygen atoms in total. The molecule has 0 spiro atoms. The first-order valence-corrected chi connectivity index (χ1v) is 11.0. The van der Waals surface area contributed by atoms with E-state index in [0.29, 0.717) is 27.0 Å². The number of rotatable bonds is 6. The molecule has 1 heterocycles. The number of sulfone groups is 1. The second kappa shape index (κ2) is 8.31. The molecule has 0 saturated heterocycles. The van der Waals surface area contributed by atoms with Crippen LogP contribution in [0.5, 0.6) is 0 Å². The summed E-state index contributed by atoms with van der Waals surface area (Å²) in [6.45, 7) is 3.62. The second-order valence-electron chi connectivity index (χ2n) is 6.48. The maximum atomic E-state index is 12.3. The highest BCUT2D eigenvalue weighted by atomic mass is 35.5. The molecule has 3 N–H and O–H groups in total. The van der Waals surface area contributed by atoms with Gasteiger partial charge in [-0.1, -0.05) is 41.9 Å². The predicted molar refractivity (Wildman–Crippen MR) is 113 cm³/mol. The summed E-state index contributed by atoms with van der Waals surface area (Å²) in [5.41, 5.74) is 6.92. The van der Waals surface area contributed by atoms with E-state index in [2.05, 4.69) is 11.7 Å². The molecule has 1 unspecified atom stereocenters. The third-order valence-corrected chi connectivity index (χ3v) is 5.77.